The highest BCUT2D eigenvalue weighted by Crippen LogP contribution is 2.24. The van der Waals surface area contributed by atoms with Gasteiger partial charge >= 0.3 is 0 Å². The zero-order chi connectivity index (χ0) is 16.0. The monoisotopic (exact) mass is 325 g/mol. The van der Waals surface area contributed by atoms with E-state index >= 15 is 0 Å². The number of aliphatic hydroxyl groups is 1. The molecule has 1 aliphatic heterocycles. The Morgan fingerprint density at radius 3 is 2.73 bits per heavy atom. The summed E-state index contributed by atoms with van der Waals surface area (Å²) >= 11 is 1.71. The minimum absolute atomic E-state index is 0.0173. The third kappa shape index (κ3) is 5.95. The van der Waals surface area contributed by atoms with Crippen molar-refractivity contribution < 1.29 is 5.11 Å². The summed E-state index contributed by atoms with van der Waals surface area (Å²) in [4.78, 5) is 6.71. The van der Waals surface area contributed by atoms with E-state index in [-0.39, 0.29) is 11.5 Å². The summed E-state index contributed by atoms with van der Waals surface area (Å²) in [5, 5.41) is 16.9. The maximum absolute atomic E-state index is 10.2. The number of nitrogens with zero attached hydrogens (tertiary/aromatic N) is 2. The number of aliphatic hydroxyl groups excluding tert-OH is 1. The number of rotatable bonds is 7. The molecule has 0 spiro atoms. The second-order valence-corrected chi connectivity index (χ2v) is 8.50. The summed E-state index contributed by atoms with van der Waals surface area (Å²) in [7, 11) is 0. The lowest BCUT2D eigenvalue weighted by Crippen LogP contribution is -2.43. The number of piperidine rings is 1. The molecule has 0 radical (unpaired) electrons. The van der Waals surface area contributed by atoms with Crippen molar-refractivity contribution in [2.45, 2.75) is 52.7 Å². The summed E-state index contributed by atoms with van der Waals surface area (Å²) in [5.74, 6) is 0.826. The van der Waals surface area contributed by atoms with E-state index in [0.29, 0.717) is 0 Å². The minimum atomic E-state index is -0.232. The van der Waals surface area contributed by atoms with Crippen molar-refractivity contribution in [3.05, 3.63) is 16.6 Å². The fourth-order valence-corrected chi connectivity index (χ4v) is 3.40. The SMILES string of the molecule is CC(C)(C)C(O)CN1CCC(CCNCc2nccs2)CC1. The number of aromatic nitrogens is 1. The van der Waals surface area contributed by atoms with Crippen LogP contribution in [-0.4, -0.2) is 47.3 Å². The Labute approximate surface area is 138 Å². The van der Waals surface area contributed by atoms with Crippen molar-refractivity contribution in [1.29, 1.82) is 0 Å². The van der Waals surface area contributed by atoms with E-state index in [1.165, 1.54) is 24.3 Å². The smallest absolute Gasteiger partial charge is 0.106 e. The van der Waals surface area contributed by atoms with Crippen molar-refractivity contribution in [3.63, 3.8) is 0 Å². The summed E-state index contributed by atoms with van der Waals surface area (Å²) in [6.45, 7) is 11.4. The molecule has 1 fully saturated rings. The zero-order valence-corrected chi connectivity index (χ0v) is 15.0. The molecular formula is C17H31N3OS. The van der Waals surface area contributed by atoms with Crippen LogP contribution >= 0.6 is 11.3 Å². The number of nitrogens with one attached hydrogen (secondary N) is 1. The molecule has 1 atom stereocenters. The van der Waals surface area contributed by atoms with Crippen molar-refractivity contribution >= 4 is 11.3 Å². The van der Waals surface area contributed by atoms with E-state index in [1.807, 2.05) is 11.6 Å². The maximum atomic E-state index is 10.2. The van der Waals surface area contributed by atoms with Crippen LogP contribution in [0.15, 0.2) is 11.6 Å². The fraction of sp³-hybridized carbons (Fsp3) is 0.824. The van der Waals surface area contributed by atoms with Crippen molar-refractivity contribution in [2.24, 2.45) is 11.3 Å². The summed E-state index contributed by atoms with van der Waals surface area (Å²) in [6.07, 6.45) is 5.40. The van der Waals surface area contributed by atoms with E-state index in [2.05, 4.69) is 36.0 Å². The van der Waals surface area contributed by atoms with E-state index in [9.17, 15) is 5.11 Å². The van der Waals surface area contributed by atoms with E-state index in [4.69, 9.17) is 0 Å². The largest absolute Gasteiger partial charge is 0.391 e. The van der Waals surface area contributed by atoms with Crippen molar-refractivity contribution in [1.82, 2.24) is 15.2 Å². The lowest BCUT2D eigenvalue weighted by molar-refractivity contribution is 0.0185. The highest BCUT2D eigenvalue weighted by Gasteiger charge is 2.26. The average Bonchev–Trinajstić information content (AvgIpc) is 2.97. The van der Waals surface area contributed by atoms with Gasteiger partial charge < -0.3 is 15.3 Å². The summed E-state index contributed by atoms with van der Waals surface area (Å²) < 4.78 is 0. The van der Waals surface area contributed by atoms with Gasteiger partial charge in [-0.1, -0.05) is 20.8 Å². The molecule has 0 aromatic carbocycles. The Balaban J connectivity index is 1.57. The van der Waals surface area contributed by atoms with E-state index in [1.54, 1.807) is 11.3 Å². The number of hydrogen-bond donors (Lipinski definition) is 2. The first-order valence-corrected chi connectivity index (χ1v) is 9.32. The maximum Gasteiger partial charge on any atom is 0.106 e. The van der Waals surface area contributed by atoms with Crippen LogP contribution in [0.1, 0.15) is 45.0 Å². The van der Waals surface area contributed by atoms with E-state index in [0.717, 1.165) is 38.6 Å². The van der Waals surface area contributed by atoms with Gasteiger partial charge in [-0.15, -0.1) is 11.3 Å². The van der Waals surface area contributed by atoms with Gasteiger partial charge in [0.05, 0.1) is 6.10 Å². The molecule has 5 heteroatoms. The third-order valence-electron chi connectivity index (χ3n) is 4.63. The van der Waals surface area contributed by atoms with Gasteiger partial charge in [0.15, 0.2) is 0 Å². The lowest BCUT2D eigenvalue weighted by Gasteiger charge is -2.36. The first-order chi connectivity index (χ1) is 10.4. The van der Waals surface area contributed by atoms with Crippen LogP contribution in [0.4, 0.5) is 0 Å². The summed E-state index contributed by atoms with van der Waals surface area (Å²) in [5.41, 5.74) is -0.0173. The molecule has 2 heterocycles. The molecule has 1 aliphatic rings. The third-order valence-corrected chi connectivity index (χ3v) is 5.41. The van der Waals surface area contributed by atoms with Crippen molar-refractivity contribution in [3.8, 4) is 0 Å². The molecule has 4 nitrogen and oxygen atoms in total. The van der Waals surface area contributed by atoms with Gasteiger partial charge in [0.25, 0.3) is 0 Å². The van der Waals surface area contributed by atoms with Crippen LogP contribution in [-0.2, 0) is 6.54 Å². The number of hydrogen-bond acceptors (Lipinski definition) is 5. The first kappa shape index (κ1) is 17.9. The minimum Gasteiger partial charge on any atom is -0.391 e. The summed E-state index contributed by atoms with van der Waals surface area (Å²) in [6, 6.07) is 0. The van der Waals surface area contributed by atoms with Gasteiger partial charge in [-0.2, -0.15) is 0 Å². The Hall–Kier alpha value is -0.490. The quantitative estimate of drug-likeness (QED) is 0.757. The van der Waals surface area contributed by atoms with Crippen LogP contribution < -0.4 is 5.32 Å². The van der Waals surface area contributed by atoms with Gasteiger partial charge in [-0.3, -0.25) is 0 Å². The van der Waals surface area contributed by atoms with Crippen LogP contribution in [0.2, 0.25) is 0 Å². The number of likely N-dealkylation sites (tertiary alicyclic amines) is 1. The normalized spacial score (nSPS) is 19.5. The molecule has 0 bridgehead atoms. The Morgan fingerprint density at radius 2 is 2.14 bits per heavy atom. The predicted octanol–water partition coefficient (Wildman–Crippen LogP) is 2.74. The number of thiazole rings is 1. The molecule has 1 aromatic heterocycles. The van der Waals surface area contributed by atoms with Gasteiger partial charge in [0.2, 0.25) is 0 Å². The predicted molar refractivity (Wildman–Crippen MR) is 93.1 cm³/mol. The van der Waals surface area contributed by atoms with Gasteiger partial charge in [-0.25, -0.2) is 4.98 Å². The average molecular weight is 326 g/mol. The van der Waals surface area contributed by atoms with Gasteiger partial charge in [0, 0.05) is 24.7 Å². The van der Waals surface area contributed by atoms with Gasteiger partial charge in [-0.05, 0) is 50.2 Å². The van der Waals surface area contributed by atoms with Crippen molar-refractivity contribution in [2.75, 3.05) is 26.2 Å². The van der Waals surface area contributed by atoms with Gasteiger partial charge in [0.1, 0.15) is 5.01 Å². The molecule has 1 saturated heterocycles. The fourth-order valence-electron chi connectivity index (χ4n) is 2.82. The van der Waals surface area contributed by atoms with Crippen LogP contribution in [0, 0.1) is 11.3 Å². The first-order valence-electron chi connectivity index (χ1n) is 8.44. The molecule has 2 N–H and O–H groups in total. The topological polar surface area (TPSA) is 48.4 Å². The highest BCUT2D eigenvalue weighted by atomic mass is 32.1. The molecule has 1 unspecified atom stereocenters. The Morgan fingerprint density at radius 1 is 1.41 bits per heavy atom. The zero-order valence-electron chi connectivity index (χ0n) is 14.2. The molecule has 0 saturated carbocycles. The van der Waals surface area contributed by atoms with Crippen LogP contribution in [0.5, 0.6) is 0 Å². The second-order valence-electron chi connectivity index (χ2n) is 7.52. The van der Waals surface area contributed by atoms with E-state index < -0.39 is 0 Å². The number of β-amino-alcohol motifs (C(OH)–C–C–N with tert-alkyl or cyclic N) is 1. The Kier molecular flexibility index (Phi) is 6.81. The highest BCUT2D eigenvalue weighted by molar-refractivity contribution is 7.09. The lowest BCUT2D eigenvalue weighted by atomic mass is 9.87. The second kappa shape index (κ2) is 8.39. The molecule has 126 valence electrons. The molecule has 22 heavy (non-hydrogen) atoms. The molecule has 2 rings (SSSR count). The molecular weight excluding hydrogens is 294 g/mol. The molecule has 0 aliphatic carbocycles. The Bertz CT molecular complexity index is 408. The van der Waals surface area contributed by atoms with Crippen LogP contribution in [0.3, 0.4) is 0 Å². The standard InChI is InChI=1S/C17H31N3OS/c1-17(2,3)15(21)13-20-9-5-14(6-10-20)4-7-18-12-16-19-8-11-22-16/h8,11,14-15,18,21H,4-7,9-10,12-13H2,1-3H3. The molecule has 1 aromatic rings. The molecule has 0 amide bonds. The van der Waals surface area contributed by atoms with Crippen LogP contribution in [0.25, 0.3) is 0 Å².